The molecule has 1 unspecified atom stereocenters. The van der Waals surface area contributed by atoms with Crippen molar-refractivity contribution < 1.29 is 18.3 Å². The minimum atomic E-state index is -2.89. The number of hydrogen-bond acceptors (Lipinski definition) is 5. The van der Waals surface area contributed by atoms with Gasteiger partial charge in [0.2, 0.25) is 5.91 Å². The molecule has 0 spiro atoms. The maximum atomic E-state index is 11.9. The van der Waals surface area contributed by atoms with Gasteiger partial charge in [0, 0.05) is 5.25 Å². The van der Waals surface area contributed by atoms with Gasteiger partial charge < -0.3 is 10.4 Å². The molecule has 19 heavy (non-hydrogen) atoms. The lowest BCUT2D eigenvalue weighted by Crippen LogP contribution is -2.51. The van der Waals surface area contributed by atoms with Crippen LogP contribution >= 0.6 is 11.8 Å². The molecule has 1 fully saturated rings. The van der Waals surface area contributed by atoms with E-state index < -0.39 is 15.4 Å². The summed E-state index contributed by atoms with van der Waals surface area (Å²) in [6.45, 7) is 3.78. The molecule has 112 valence electrons. The highest BCUT2D eigenvalue weighted by Crippen LogP contribution is 2.24. The number of carbonyl (C=O) groups is 1. The molecule has 1 atom stereocenters. The van der Waals surface area contributed by atoms with Crippen LogP contribution in [-0.2, 0) is 14.6 Å². The van der Waals surface area contributed by atoms with Crippen molar-refractivity contribution in [3.8, 4) is 0 Å². The largest absolute Gasteiger partial charge is 0.394 e. The van der Waals surface area contributed by atoms with Gasteiger partial charge in [-0.3, -0.25) is 4.79 Å². The Labute approximate surface area is 119 Å². The van der Waals surface area contributed by atoms with Crippen molar-refractivity contribution in [2.45, 2.75) is 43.9 Å². The Morgan fingerprint density at radius 2 is 2.05 bits per heavy atom. The fourth-order valence-corrected chi connectivity index (χ4v) is 5.55. The van der Waals surface area contributed by atoms with Crippen molar-refractivity contribution in [2.24, 2.45) is 0 Å². The fourth-order valence-electron chi connectivity index (χ4n) is 2.11. The third-order valence-corrected chi connectivity index (χ3v) is 6.98. The molecule has 1 aliphatic heterocycles. The van der Waals surface area contributed by atoms with E-state index in [0.29, 0.717) is 19.3 Å². The van der Waals surface area contributed by atoms with Gasteiger partial charge in [0.1, 0.15) is 0 Å². The van der Waals surface area contributed by atoms with Crippen LogP contribution < -0.4 is 5.32 Å². The summed E-state index contributed by atoms with van der Waals surface area (Å²) in [5, 5.41) is 12.3. The summed E-state index contributed by atoms with van der Waals surface area (Å²) in [7, 11) is -2.89. The Bertz CT molecular complexity index is 396. The zero-order valence-electron chi connectivity index (χ0n) is 11.5. The summed E-state index contributed by atoms with van der Waals surface area (Å²) < 4.78 is 22.6. The second kappa shape index (κ2) is 6.95. The highest BCUT2D eigenvalue weighted by molar-refractivity contribution is 8.02. The number of amides is 1. The lowest BCUT2D eigenvalue weighted by molar-refractivity contribution is -0.121. The Morgan fingerprint density at radius 3 is 2.47 bits per heavy atom. The molecule has 1 saturated heterocycles. The number of aliphatic hydroxyl groups is 1. The van der Waals surface area contributed by atoms with Gasteiger partial charge in [-0.05, 0) is 19.3 Å². The Hall–Kier alpha value is -0.270. The van der Waals surface area contributed by atoms with E-state index in [4.69, 9.17) is 0 Å². The highest BCUT2D eigenvalue weighted by Gasteiger charge is 2.30. The van der Waals surface area contributed by atoms with Crippen molar-refractivity contribution in [1.29, 1.82) is 0 Å². The van der Waals surface area contributed by atoms with E-state index in [0.717, 1.165) is 0 Å². The Balaban J connectivity index is 2.40. The molecule has 5 nitrogen and oxygen atoms in total. The van der Waals surface area contributed by atoms with Crippen LogP contribution in [0.1, 0.15) is 33.1 Å². The molecule has 0 bridgehead atoms. The van der Waals surface area contributed by atoms with E-state index in [1.807, 2.05) is 13.8 Å². The average Bonchev–Trinajstić information content (AvgIpc) is 2.73. The first-order chi connectivity index (χ1) is 8.86. The molecular weight excluding hydrogens is 286 g/mol. The number of carbonyl (C=O) groups excluding carboxylic acids is 1. The maximum absolute atomic E-state index is 11.9. The lowest BCUT2D eigenvalue weighted by Gasteiger charge is -2.30. The number of sulfone groups is 1. The highest BCUT2D eigenvalue weighted by atomic mass is 32.2. The molecule has 1 rings (SSSR count). The molecule has 2 N–H and O–H groups in total. The number of hydrogen-bond donors (Lipinski definition) is 2. The van der Waals surface area contributed by atoms with E-state index in [1.54, 1.807) is 0 Å². The molecule has 0 radical (unpaired) electrons. The number of nitrogens with one attached hydrogen (secondary N) is 1. The minimum Gasteiger partial charge on any atom is -0.394 e. The molecule has 0 aromatic carbocycles. The van der Waals surface area contributed by atoms with Gasteiger partial charge in [-0.25, -0.2) is 8.42 Å². The van der Waals surface area contributed by atoms with Crippen LogP contribution in [0.15, 0.2) is 0 Å². The second-order valence-corrected chi connectivity index (χ2v) is 8.55. The first-order valence-electron chi connectivity index (χ1n) is 6.60. The van der Waals surface area contributed by atoms with Crippen molar-refractivity contribution in [2.75, 3.05) is 23.9 Å². The van der Waals surface area contributed by atoms with Crippen molar-refractivity contribution in [3.63, 3.8) is 0 Å². The van der Waals surface area contributed by atoms with Crippen molar-refractivity contribution in [3.05, 3.63) is 0 Å². The molecule has 7 heteroatoms. The molecular formula is C12H23NO4S2. The minimum absolute atomic E-state index is 0.0301. The van der Waals surface area contributed by atoms with Gasteiger partial charge in [0.15, 0.2) is 9.84 Å². The number of thioether (sulfide) groups is 1. The lowest BCUT2D eigenvalue weighted by atomic mass is 9.94. The third-order valence-electron chi connectivity index (χ3n) is 3.70. The van der Waals surface area contributed by atoms with Gasteiger partial charge in [0.25, 0.3) is 0 Å². The topological polar surface area (TPSA) is 83.5 Å². The monoisotopic (exact) mass is 309 g/mol. The summed E-state index contributed by atoms with van der Waals surface area (Å²) in [6, 6.07) is 0. The maximum Gasteiger partial charge on any atom is 0.230 e. The molecule has 1 amide bonds. The Kier molecular flexibility index (Phi) is 6.14. The predicted octanol–water partition coefficient (Wildman–Crippen LogP) is 0.574. The van der Waals surface area contributed by atoms with Crippen LogP contribution in [0.4, 0.5) is 0 Å². The SMILES string of the molecule is CCC(CC)(CO)NC(=O)CSC1CCS(=O)(=O)C1. The van der Waals surface area contributed by atoms with Gasteiger partial charge >= 0.3 is 0 Å². The molecule has 0 aromatic rings. The van der Waals surface area contributed by atoms with Gasteiger partial charge in [0.05, 0.1) is 29.4 Å². The normalized spacial score (nSPS) is 22.4. The van der Waals surface area contributed by atoms with Crippen LogP contribution in [0.5, 0.6) is 0 Å². The fraction of sp³-hybridized carbons (Fsp3) is 0.917. The van der Waals surface area contributed by atoms with Crippen LogP contribution in [0.2, 0.25) is 0 Å². The summed E-state index contributed by atoms with van der Waals surface area (Å²) in [5.74, 6) is 0.531. The molecule has 1 aliphatic rings. The average molecular weight is 309 g/mol. The van der Waals surface area contributed by atoms with Gasteiger partial charge in [-0.15, -0.1) is 11.8 Å². The van der Waals surface area contributed by atoms with E-state index in [9.17, 15) is 18.3 Å². The quantitative estimate of drug-likeness (QED) is 0.718. The molecule has 1 heterocycles. The molecule has 0 saturated carbocycles. The van der Waals surface area contributed by atoms with E-state index >= 15 is 0 Å². The van der Waals surface area contributed by atoms with Gasteiger partial charge in [-0.2, -0.15) is 0 Å². The smallest absolute Gasteiger partial charge is 0.230 e. The zero-order valence-corrected chi connectivity index (χ0v) is 13.1. The van der Waals surface area contributed by atoms with E-state index in [1.165, 1.54) is 11.8 Å². The summed E-state index contributed by atoms with van der Waals surface area (Å²) in [4.78, 5) is 11.9. The van der Waals surface area contributed by atoms with Crippen molar-refractivity contribution >= 4 is 27.5 Å². The first kappa shape index (κ1) is 16.8. The number of aliphatic hydroxyl groups excluding tert-OH is 1. The third kappa shape index (κ3) is 4.96. The van der Waals surface area contributed by atoms with E-state index in [2.05, 4.69) is 5.32 Å². The summed E-state index contributed by atoms with van der Waals surface area (Å²) >= 11 is 1.39. The predicted molar refractivity (Wildman–Crippen MR) is 78.1 cm³/mol. The second-order valence-electron chi connectivity index (χ2n) is 5.03. The Morgan fingerprint density at radius 1 is 1.42 bits per heavy atom. The summed E-state index contributed by atoms with van der Waals surface area (Å²) in [5.41, 5.74) is -0.542. The van der Waals surface area contributed by atoms with Crippen LogP contribution in [-0.4, -0.2) is 54.1 Å². The van der Waals surface area contributed by atoms with Gasteiger partial charge in [-0.1, -0.05) is 13.8 Å². The molecule has 0 aliphatic carbocycles. The van der Waals surface area contributed by atoms with Crippen LogP contribution in [0.3, 0.4) is 0 Å². The van der Waals surface area contributed by atoms with Crippen LogP contribution in [0.25, 0.3) is 0 Å². The van der Waals surface area contributed by atoms with Crippen LogP contribution in [0, 0.1) is 0 Å². The first-order valence-corrected chi connectivity index (χ1v) is 9.47. The molecule has 0 aromatic heterocycles. The van der Waals surface area contributed by atoms with E-state index in [-0.39, 0.29) is 35.0 Å². The summed E-state index contributed by atoms with van der Waals surface area (Å²) in [6.07, 6.45) is 1.98. The number of rotatable bonds is 7. The standard InChI is InChI=1S/C12H23NO4S2/c1-3-12(4-2,9-14)13-11(15)7-18-10-5-6-19(16,17)8-10/h10,14H,3-9H2,1-2H3,(H,13,15). The zero-order chi connectivity index (χ0) is 14.5. The van der Waals surface area contributed by atoms with Crippen molar-refractivity contribution in [1.82, 2.24) is 5.32 Å².